The number of hydrogen-bond acceptors (Lipinski definition) is 4. The van der Waals surface area contributed by atoms with Gasteiger partial charge in [-0.05, 0) is 18.6 Å². The lowest BCUT2D eigenvalue weighted by atomic mass is 10.0. The number of methoxy groups -OCH3 is 1. The highest BCUT2D eigenvalue weighted by Crippen LogP contribution is 2.32. The maximum atomic E-state index is 12.0. The second-order valence-corrected chi connectivity index (χ2v) is 6.22. The van der Waals surface area contributed by atoms with Crippen molar-refractivity contribution < 1.29 is 14.3 Å². The van der Waals surface area contributed by atoms with Gasteiger partial charge < -0.3 is 15.0 Å². The molecular formula is C19H17ClN4O3. The highest BCUT2D eigenvalue weighted by atomic mass is 35.5. The van der Waals surface area contributed by atoms with Gasteiger partial charge in [-0.25, -0.2) is 9.78 Å². The minimum absolute atomic E-state index is 0.316. The van der Waals surface area contributed by atoms with E-state index in [1.54, 1.807) is 35.3 Å². The number of nitrogens with one attached hydrogen (secondary N) is 1. The molecular weight excluding hydrogens is 368 g/mol. The van der Waals surface area contributed by atoms with Crippen LogP contribution >= 0.6 is 11.6 Å². The fourth-order valence-electron chi connectivity index (χ4n) is 2.70. The van der Waals surface area contributed by atoms with Crippen molar-refractivity contribution in [2.75, 3.05) is 12.4 Å². The smallest absolute Gasteiger partial charge is 0.412 e. The number of carbonyl (C=O) groups excluding carboxylic acids is 2. The normalized spacial score (nSPS) is 10.5. The molecule has 0 aliphatic rings. The van der Waals surface area contributed by atoms with Crippen LogP contribution in [0.4, 0.5) is 10.6 Å². The molecule has 3 rings (SSSR count). The van der Waals surface area contributed by atoms with Crippen LogP contribution in [-0.2, 0) is 4.74 Å². The monoisotopic (exact) mass is 384 g/mol. The van der Waals surface area contributed by atoms with Crippen LogP contribution in [0.1, 0.15) is 15.9 Å². The second kappa shape index (κ2) is 7.51. The number of aryl methyl sites for hydroxylation is 1. The van der Waals surface area contributed by atoms with Gasteiger partial charge in [0.05, 0.1) is 18.4 Å². The molecule has 8 heteroatoms. The Morgan fingerprint density at radius 3 is 2.63 bits per heavy atom. The van der Waals surface area contributed by atoms with Crippen molar-refractivity contribution in [3.63, 3.8) is 0 Å². The summed E-state index contributed by atoms with van der Waals surface area (Å²) < 4.78 is 6.33. The van der Waals surface area contributed by atoms with Gasteiger partial charge in [-0.2, -0.15) is 0 Å². The number of ether oxygens (including phenoxy) is 1. The average molecular weight is 385 g/mol. The number of anilines is 1. The SMILES string of the molecule is COC(=O)Nc1cc(-n2cc(C(N)=O)c(-c3ccccc3Cl)c2)c(C)cn1. The predicted molar refractivity (Wildman–Crippen MR) is 103 cm³/mol. The van der Waals surface area contributed by atoms with E-state index in [9.17, 15) is 9.59 Å². The van der Waals surface area contributed by atoms with Gasteiger partial charge in [0.15, 0.2) is 0 Å². The van der Waals surface area contributed by atoms with Gasteiger partial charge in [-0.1, -0.05) is 29.8 Å². The summed E-state index contributed by atoms with van der Waals surface area (Å²) in [5, 5.41) is 3.03. The van der Waals surface area contributed by atoms with E-state index in [-0.39, 0.29) is 0 Å². The Morgan fingerprint density at radius 1 is 1.22 bits per heavy atom. The fourth-order valence-corrected chi connectivity index (χ4v) is 2.94. The summed E-state index contributed by atoms with van der Waals surface area (Å²) in [5.74, 6) is -0.251. The zero-order chi connectivity index (χ0) is 19.6. The number of halogens is 1. The molecule has 0 fully saturated rings. The van der Waals surface area contributed by atoms with Gasteiger partial charge in [0.25, 0.3) is 5.91 Å². The average Bonchev–Trinajstić information content (AvgIpc) is 3.08. The Balaban J connectivity index is 2.12. The Hall–Kier alpha value is -3.32. The van der Waals surface area contributed by atoms with Crippen molar-refractivity contribution in [3.05, 3.63) is 65.1 Å². The molecule has 2 heterocycles. The van der Waals surface area contributed by atoms with E-state index in [1.807, 2.05) is 25.1 Å². The van der Waals surface area contributed by atoms with E-state index in [4.69, 9.17) is 17.3 Å². The van der Waals surface area contributed by atoms with Crippen LogP contribution in [0.3, 0.4) is 0 Å². The number of hydrogen-bond donors (Lipinski definition) is 2. The van der Waals surface area contributed by atoms with Crippen molar-refractivity contribution in [2.24, 2.45) is 5.73 Å². The van der Waals surface area contributed by atoms with E-state index in [0.717, 1.165) is 11.3 Å². The molecule has 0 atom stereocenters. The summed E-state index contributed by atoms with van der Waals surface area (Å²) >= 11 is 6.29. The van der Waals surface area contributed by atoms with Gasteiger partial charge in [-0.3, -0.25) is 10.1 Å². The zero-order valence-corrected chi connectivity index (χ0v) is 15.4. The minimum atomic E-state index is -0.626. The fraction of sp³-hybridized carbons (Fsp3) is 0.105. The molecule has 0 bridgehead atoms. The standard InChI is InChI=1S/C19H17ClN4O3/c1-11-8-22-17(23-19(26)27-2)7-16(11)24-9-13(14(10-24)18(21)25)12-5-3-4-6-15(12)20/h3-10H,1-2H3,(H2,21,25)(H,22,23,26). The van der Waals surface area contributed by atoms with Crippen LogP contribution in [0.15, 0.2) is 48.9 Å². The Labute approximate surface area is 160 Å². The molecule has 2 aromatic heterocycles. The summed E-state index contributed by atoms with van der Waals surface area (Å²) in [6.45, 7) is 1.86. The van der Waals surface area contributed by atoms with Crippen molar-refractivity contribution in [1.29, 1.82) is 0 Å². The molecule has 0 spiro atoms. The maximum absolute atomic E-state index is 12.0. The van der Waals surface area contributed by atoms with Crippen molar-refractivity contribution in [3.8, 4) is 16.8 Å². The highest BCUT2D eigenvalue weighted by molar-refractivity contribution is 6.33. The first-order valence-corrected chi connectivity index (χ1v) is 8.37. The first kappa shape index (κ1) is 18.5. The van der Waals surface area contributed by atoms with Crippen LogP contribution in [0, 0.1) is 6.92 Å². The Kier molecular flexibility index (Phi) is 5.14. The van der Waals surface area contributed by atoms with Gasteiger partial charge in [0.2, 0.25) is 0 Å². The molecule has 7 nitrogen and oxygen atoms in total. The molecule has 138 valence electrons. The largest absolute Gasteiger partial charge is 0.453 e. The number of rotatable bonds is 4. The van der Waals surface area contributed by atoms with Crippen LogP contribution in [0.25, 0.3) is 16.8 Å². The van der Waals surface area contributed by atoms with Crippen LogP contribution < -0.4 is 11.1 Å². The number of pyridine rings is 1. The molecule has 0 saturated carbocycles. The summed E-state index contributed by atoms with van der Waals surface area (Å²) in [7, 11) is 1.27. The second-order valence-electron chi connectivity index (χ2n) is 5.81. The topological polar surface area (TPSA) is 99.2 Å². The minimum Gasteiger partial charge on any atom is -0.453 e. The molecule has 0 unspecified atom stereocenters. The van der Waals surface area contributed by atoms with Crippen LogP contribution in [0.2, 0.25) is 5.02 Å². The third-order valence-electron chi connectivity index (χ3n) is 4.02. The van der Waals surface area contributed by atoms with Gasteiger partial charge in [-0.15, -0.1) is 0 Å². The summed E-state index contributed by atoms with van der Waals surface area (Å²) in [5.41, 5.74) is 8.77. The molecule has 27 heavy (non-hydrogen) atoms. The van der Waals surface area contributed by atoms with Crippen molar-refractivity contribution in [1.82, 2.24) is 9.55 Å². The molecule has 1 aromatic carbocycles. The molecule has 3 aromatic rings. The van der Waals surface area contributed by atoms with E-state index < -0.39 is 12.0 Å². The van der Waals surface area contributed by atoms with Gasteiger partial charge in [0, 0.05) is 40.8 Å². The maximum Gasteiger partial charge on any atom is 0.412 e. The first-order valence-electron chi connectivity index (χ1n) is 7.99. The van der Waals surface area contributed by atoms with Gasteiger partial charge in [0.1, 0.15) is 5.82 Å². The number of primary amides is 1. The number of aromatic nitrogens is 2. The van der Waals surface area contributed by atoms with Gasteiger partial charge >= 0.3 is 6.09 Å². The number of carbonyl (C=O) groups is 2. The molecule has 3 N–H and O–H groups in total. The van der Waals surface area contributed by atoms with Crippen LogP contribution in [-0.4, -0.2) is 28.7 Å². The lowest BCUT2D eigenvalue weighted by Crippen LogP contribution is -2.13. The van der Waals surface area contributed by atoms with Crippen LogP contribution in [0.5, 0.6) is 0 Å². The highest BCUT2D eigenvalue weighted by Gasteiger charge is 2.17. The summed E-state index contributed by atoms with van der Waals surface area (Å²) in [4.78, 5) is 27.5. The van der Waals surface area contributed by atoms with E-state index >= 15 is 0 Å². The van der Waals surface area contributed by atoms with E-state index in [0.29, 0.717) is 27.5 Å². The Bertz CT molecular complexity index is 1030. The molecule has 0 radical (unpaired) electrons. The summed E-state index contributed by atoms with van der Waals surface area (Å²) in [6.07, 6.45) is 4.38. The lowest BCUT2D eigenvalue weighted by Gasteiger charge is -2.10. The summed E-state index contributed by atoms with van der Waals surface area (Å²) in [6, 6.07) is 8.88. The van der Waals surface area contributed by atoms with E-state index in [2.05, 4.69) is 15.0 Å². The first-order chi connectivity index (χ1) is 12.9. The molecule has 2 amide bonds. The number of amides is 2. The zero-order valence-electron chi connectivity index (χ0n) is 14.7. The lowest BCUT2D eigenvalue weighted by molar-refractivity contribution is 0.100. The van der Waals surface area contributed by atoms with E-state index in [1.165, 1.54) is 7.11 Å². The number of benzene rings is 1. The quantitative estimate of drug-likeness (QED) is 0.714. The third kappa shape index (κ3) is 3.78. The molecule has 0 aliphatic heterocycles. The molecule has 0 saturated heterocycles. The Morgan fingerprint density at radius 2 is 1.96 bits per heavy atom. The number of nitrogens with zero attached hydrogens (tertiary/aromatic N) is 2. The third-order valence-corrected chi connectivity index (χ3v) is 4.35. The molecule has 0 aliphatic carbocycles. The predicted octanol–water partition coefficient (Wildman–Crippen LogP) is 3.78. The van der Waals surface area contributed by atoms with Crippen molar-refractivity contribution in [2.45, 2.75) is 6.92 Å². The van der Waals surface area contributed by atoms with Crippen molar-refractivity contribution >= 4 is 29.4 Å². The number of nitrogens with two attached hydrogens (primary N) is 1.